The van der Waals surface area contributed by atoms with Crippen molar-refractivity contribution in [2.75, 3.05) is 44.7 Å². The minimum absolute atomic E-state index is 0.00204. The summed E-state index contributed by atoms with van der Waals surface area (Å²) in [5.74, 6) is 5.92. The van der Waals surface area contributed by atoms with Crippen molar-refractivity contribution in [2.24, 2.45) is 5.41 Å². The highest BCUT2D eigenvalue weighted by Crippen LogP contribution is 2.42. The van der Waals surface area contributed by atoms with Crippen LogP contribution in [0.1, 0.15) is 37.7 Å². The van der Waals surface area contributed by atoms with Gasteiger partial charge in [-0.15, -0.1) is 0 Å². The molecule has 0 unspecified atom stereocenters. The largest absolute Gasteiger partial charge is 0.395 e. The molecule has 140 valence electrons. The molecule has 1 spiro atoms. The summed E-state index contributed by atoms with van der Waals surface area (Å²) >= 11 is 0. The van der Waals surface area contributed by atoms with E-state index in [2.05, 4.69) is 28.7 Å². The van der Waals surface area contributed by atoms with Gasteiger partial charge in [0, 0.05) is 31.6 Å². The number of likely N-dealkylation sites (tertiary alicyclic amines) is 1. The Balaban J connectivity index is 1.77. The fraction of sp³-hybridized carbons (Fsp3) is 0.600. The van der Waals surface area contributed by atoms with E-state index >= 15 is 0 Å². The van der Waals surface area contributed by atoms with Gasteiger partial charge in [0.1, 0.15) is 0 Å². The monoisotopic (exact) mass is 357 g/mol. The van der Waals surface area contributed by atoms with Gasteiger partial charge in [0.25, 0.3) is 5.69 Å². The van der Waals surface area contributed by atoms with Crippen molar-refractivity contribution in [3.05, 3.63) is 33.9 Å². The van der Waals surface area contributed by atoms with Crippen LogP contribution in [0.2, 0.25) is 0 Å². The highest BCUT2D eigenvalue weighted by atomic mass is 16.6. The van der Waals surface area contributed by atoms with Crippen LogP contribution in [0.15, 0.2) is 18.2 Å². The Hall–Kier alpha value is -2.10. The second kappa shape index (κ2) is 8.07. The quantitative estimate of drug-likeness (QED) is 0.512. The van der Waals surface area contributed by atoms with Crippen LogP contribution in [0, 0.1) is 27.4 Å². The van der Waals surface area contributed by atoms with Gasteiger partial charge in [0.2, 0.25) is 0 Å². The molecule has 2 fully saturated rings. The van der Waals surface area contributed by atoms with Crippen LogP contribution in [0.25, 0.3) is 0 Å². The fourth-order valence-electron chi connectivity index (χ4n) is 4.04. The summed E-state index contributed by atoms with van der Waals surface area (Å²) in [7, 11) is 2.19. The lowest BCUT2D eigenvalue weighted by atomic mass is 9.71. The zero-order valence-corrected chi connectivity index (χ0v) is 15.4. The third kappa shape index (κ3) is 4.17. The van der Waals surface area contributed by atoms with E-state index in [0.717, 1.165) is 18.8 Å². The van der Waals surface area contributed by atoms with Crippen molar-refractivity contribution in [1.82, 2.24) is 4.90 Å². The molecular weight excluding hydrogens is 330 g/mol. The zero-order chi connectivity index (χ0) is 18.6. The van der Waals surface area contributed by atoms with Gasteiger partial charge in [-0.05, 0) is 57.3 Å². The Labute approximate surface area is 154 Å². The molecule has 1 N–H and O–H groups in total. The molecule has 3 rings (SSSR count). The first-order chi connectivity index (χ1) is 12.5. The lowest BCUT2D eigenvalue weighted by molar-refractivity contribution is -0.384. The van der Waals surface area contributed by atoms with Crippen LogP contribution < -0.4 is 4.90 Å². The highest BCUT2D eigenvalue weighted by molar-refractivity contribution is 5.64. The maximum Gasteiger partial charge on any atom is 0.270 e. The highest BCUT2D eigenvalue weighted by Gasteiger charge is 2.37. The van der Waals surface area contributed by atoms with Crippen molar-refractivity contribution >= 4 is 11.4 Å². The van der Waals surface area contributed by atoms with Crippen LogP contribution in [-0.2, 0) is 0 Å². The minimum atomic E-state index is -0.384. The summed E-state index contributed by atoms with van der Waals surface area (Å²) in [4.78, 5) is 15.4. The Morgan fingerprint density at radius 2 is 1.85 bits per heavy atom. The van der Waals surface area contributed by atoms with Crippen molar-refractivity contribution in [1.29, 1.82) is 0 Å². The van der Waals surface area contributed by atoms with Crippen molar-refractivity contribution in [3.8, 4) is 11.8 Å². The Morgan fingerprint density at radius 3 is 2.46 bits per heavy atom. The van der Waals surface area contributed by atoms with Crippen LogP contribution in [-0.4, -0.2) is 54.8 Å². The Morgan fingerprint density at radius 1 is 1.19 bits per heavy atom. The van der Waals surface area contributed by atoms with Gasteiger partial charge in [-0.2, -0.15) is 0 Å². The smallest absolute Gasteiger partial charge is 0.270 e. The van der Waals surface area contributed by atoms with E-state index < -0.39 is 0 Å². The number of aliphatic hydroxyl groups excluding tert-OH is 1. The third-order valence-electron chi connectivity index (χ3n) is 5.86. The summed E-state index contributed by atoms with van der Waals surface area (Å²) in [5, 5.41) is 20.0. The second-order valence-corrected chi connectivity index (χ2v) is 7.52. The molecule has 1 aromatic rings. The van der Waals surface area contributed by atoms with E-state index in [-0.39, 0.29) is 17.2 Å². The molecule has 2 aliphatic heterocycles. The molecule has 2 heterocycles. The zero-order valence-electron chi connectivity index (χ0n) is 15.4. The molecule has 2 saturated heterocycles. The molecule has 0 aliphatic carbocycles. The number of nitro benzene ring substituents is 1. The summed E-state index contributed by atoms with van der Waals surface area (Å²) in [5.41, 5.74) is 2.19. The van der Waals surface area contributed by atoms with Crippen LogP contribution in [0.3, 0.4) is 0 Å². The Bertz CT molecular complexity index is 705. The number of piperidine rings is 2. The van der Waals surface area contributed by atoms with E-state index in [0.29, 0.717) is 17.4 Å². The average molecular weight is 357 g/mol. The normalized spacial score (nSPS) is 19.8. The van der Waals surface area contributed by atoms with Crippen molar-refractivity contribution in [3.63, 3.8) is 0 Å². The number of rotatable bonds is 3. The van der Waals surface area contributed by atoms with Crippen molar-refractivity contribution < 1.29 is 10.0 Å². The maximum absolute atomic E-state index is 11.1. The second-order valence-electron chi connectivity index (χ2n) is 7.52. The lowest BCUT2D eigenvalue weighted by Gasteiger charge is -2.47. The molecule has 26 heavy (non-hydrogen) atoms. The number of nitrogens with zero attached hydrogens (tertiary/aromatic N) is 3. The average Bonchev–Trinajstić information content (AvgIpc) is 2.65. The molecule has 0 bridgehead atoms. The summed E-state index contributed by atoms with van der Waals surface area (Å²) in [6.07, 6.45) is 5.24. The first-order valence-electron chi connectivity index (χ1n) is 9.35. The molecule has 1 aromatic carbocycles. The molecule has 6 heteroatoms. The number of hydrogen-bond donors (Lipinski definition) is 1. The molecule has 0 aromatic heterocycles. The molecule has 2 aliphatic rings. The van der Waals surface area contributed by atoms with Gasteiger partial charge < -0.3 is 14.9 Å². The van der Waals surface area contributed by atoms with E-state index in [1.807, 2.05) is 6.07 Å². The first kappa shape index (κ1) is 18.7. The van der Waals surface area contributed by atoms with Gasteiger partial charge in [-0.25, -0.2) is 0 Å². The molecule has 0 amide bonds. The Kier molecular flexibility index (Phi) is 5.80. The number of nitro groups is 1. The van der Waals surface area contributed by atoms with E-state index in [9.17, 15) is 10.1 Å². The fourth-order valence-corrected chi connectivity index (χ4v) is 4.04. The van der Waals surface area contributed by atoms with Gasteiger partial charge in [-0.3, -0.25) is 10.1 Å². The number of hydrogen-bond acceptors (Lipinski definition) is 5. The van der Waals surface area contributed by atoms with Crippen LogP contribution >= 0.6 is 0 Å². The number of non-ortho nitro benzene ring substituents is 1. The van der Waals surface area contributed by atoms with Gasteiger partial charge in [-0.1, -0.05) is 11.8 Å². The summed E-state index contributed by atoms with van der Waals surface area (Å²) < 4.78 is 0. The lowest BCUT2D eigenvalue weighted by Crippen LogP contribution is -2.46. The van der Waals surface area contributed by atoms with E-state index in [1.54, 1.807) is 12.1 Å². The molecular formula is C20H27N3O3. The summed E-state index contributed by atoms with van der Waals surface area (Å²) in [6.45, 7) is 4.29. The minimum Gasteiger partial charge on any atom is -0.395 e. The maximum atomic E-state index is 11.1. The van der Waals surface area contributed by atoms with Gasteiger partial charge in [0.05, 0.1) is 22.8 Å². The van der Waals surface area contributed by atoms with E-state index in [1.165, 1.54) is 38.8 Å². The molecule has 0 radical (unpaired) electrons. The topological polar surface area (TPSA) is 69.9 Å². The van der Waals surface area contributed by atoms with Crippen LogP contribution in [0.5, 0.6) is 0 Å². The number of anilines is 1. The van der Waals surface area contributed by atoms with Crippen molar-refractivity contribution in [2.45, 2.75) is 32.1 Å². The molecule has 0 saturated carbocycles. The first-order valence-corrected chi connectivity index (χ1v) is 9.35. The number of aliphatic hydroxyl groups is 1. The van der Waals surface area contributed by atoms with Gasteiger partial charge in [0.15, 0.2) is 0 Å². The summed E-state index contributed by atoms with van der Waals surface area (Å²) in [6, 6.07) is 4.94. The standard InChI is InChI=1S/C20H27N3O3/c1-21-11-7-20(8-12-21)9-13-22(14-10-20)19-6-5-18(23(25)26)16-17(19)4-2-3-15-24/h5-6,16,24H,3,7-15H2,1H3. The molecule has 0 atom stereocenters. The molecule has 6 nitrogen and oxygen atoms in total. The van der Waals surface area contributed by atoms with E-state index in [4.69, 9.17) is 5.11 Å². The predicted molar refractivity (Wildman–Crippen MR) is 102 cm³/mol. The van der Waals surface area contributed by atoms with Crippen LogP contribution in [0.4, 0.5) is 11.4 Å². The SMILES string of the molecule is CN1CCC2(CC1)CCN(c1ccc([N+](=O)[O-])cc1C#CCCO)CC2. The third-order valence-corrected chi connectivity index (χ3v) is 5.86. The predicted octanol–water partition coefficient (Wildman–Crippen LogP) is 2.64. The van der Waals surface area contributed by atoms with Gasteiger partial charge >= 0.3 is 0 Å². The number of benzene rings is 1.